The normalized spacial score (nSPS) is 26.6. The van der Waals surface area contributed by atoms with E-state index in [0.29, 0.717) is 25.4 Å². The molecule has 2 amide bonds. The lowest BCUT2D eigenvalue weighted by molar-refractivity contribution is -0.126. The standard InChI is InChI=1S/C15H27N3O2/c16-13-6-3-1-2-5-12(13)15(20)17-10-4-7-14(19)18-11-8-9-11/h11-13H,1-10,16H2,(H,17,20)(H,18,19). The molecule has 0 bridgehead atoms. The Bertz CT molecular complexity index is 342. The van der Waals surface area contributed by atoms with Gasteiger partial charge in [-0.05, 0) is 32.1 Å². The van der Waals surface area contributed by atoms with Crippen LogP contribution in [0.5, 0.6) is 0 Å². The summed E-state index contributed by atoms with van der Waals surface area (Å²) in [6.45, 7) is 0.570. The predicted octanol–water partition coefficient (Wildman–Crippen LogP) is 1.07. The molecule has 2 fully saturated rings. The average Bonchev–Trinajstić information content (AvgIpc) is 3.22. The van der Waals surface area contributed by atoms with Crippen molar-refractivity contribution in [1.29, 1.82) is 0 Å². The molecular weight excluding hydrogens is 254 g/mol. The molecule has 0 spiro atoms. The second-order valence-corrected chi connectivity index (χ2v) is 6.14. The predicted molar refractivity (Wildman–Crippen MR) is 78.0 cm³/mol. The molecular formula is C15H27N3O2. The van der Waals surface area contributed by atoms with Gasteiger partial charge in [0.25, 0.3) is 0 Å². The van der Waals surface area contributed by atoms with Crippen LogP contribution in [0.3, 0.4) is 0 Å². The van der Waals surface area contributed by atoms with Crippen LogP contribution in [-0.2, 0) is 9.59 Å². The van der Waals surface area contributed by atoms with E-state index in [-0.39, 0.29) is 23.8 Å². The second-order valence-electron chi connectivity index (χ2n) is 6.14. The molecule has 0 aromatic heterocycles. The number of carbonyl (C=O) groups is 2. The lowest BCUT2D eigenvalue weighted by Gasteiger charge is -2.20. The van der Waals surface area contributed by atoms with Gasteiger partial charge in [0.2, 0.25) is 11.8 Å². The molecule has 0 aromatic carbocycles. The lowest BCUT2D eigenvalue weighted by atomic mass is 9.94. The van der Waals surface area contributed by atoms with Crippen molar-refractivity contribution in [3.8, 4) is 0 Å². The van der Waals surface area contributed by atoms with E-state index >= 15 is 0 Å². The number of hydrogen-bond donors (Lipinski definition) is 3. The summed E-state index contributed by atoms with van der Waals surface area (Å²) in [5.74, 6) is 0.132. The fourth-order valence-corrected chi connectivity index (χ4v) is 2.78. The van der Waals surface area contributed by atoms with E-state index in [4.69, 9.17) is 5.73 Å². The Kier molecular flexibility index (Phi) is 5.83. The van der Waals surface area contributed by atoms with Crippen LogP contribution < -0.4 is 16.4 Å². The molecule has 0 heterocycles. The SMILES string of the molecule is NC1CCCCCC1C(=O)NCCCC(=O)NC1CC1. The summed E-state index contributed by atoms with van der Waals surface area (Å²) in [6.07, 6.45) is 8.67. The molecule has 4 N–H and O–H groups in total. The summed E-state index contributed by atoms with van der Waals surface area (Å²) in [6, 6.07) is 0.414. The molecule has 5 heteroatoms. The molecule has 2 unspecified atom stereocenters. The van der Waals surface area contributed by atoms with Gasteiger partial charge in [-0.2, -0.15) is 0 Å². The third kappa shape index (κ3) is 5.12. The number of nitrogens with one attached hydrogen (secondary N) is 2. The summed E-state index contributed by atoms with van der Waals surface area (Å²) >= 11 is 0. The molecule has 0 aromatic rings. The largest absolute Gasteiger partial charge is 0.356 e. The number of carbonyl (C=O) groups excluding carboxylic acids is 2. The zero-order valence-corrected chi connectivity index (χ0v) is 12.2. The van der Waals surface area contributed by atoms with Gasteiger partial charge >= 0.3 is 0 Å². The second kappa shape index (κ2) is 7.62. The van der Waals surface area contributed by atoms with Gasteiger partial charge in [0, 0.05) is 25.0 Å². The van der Waals surface area contributed by atoms with Gasteiger partial charge in [0.15, 0.2) is 0 Å². The van der Waals surface area contributed by atoms with Crippen molar-refractivity contribution in [2.45, 2.75) is 69.9 Å². The minimum atomic E-state index is -0.0437. The monoisotopic (exact) mass is 281 g/mol. The van der Waals surface area contributed by atoms with Crippen molar-refractivity contribution in [2.75, 3.05) is 6.54 Å². The molecule has 5 nitrogen and oxygen atoms in total. The molecule has 2 aliphatic carbocycles. The van der Waals surface area contributed by atoms with Crippen LogP contribution in [0.2, 0.25) is 0 Å². The minimum Gasteiger partial charge on any atom is -0.356 e. The quantitative estimate of drug-likeness (QED) is 0.503. The van der Waals surface area contributed by atoms with Crippen LogP contribution in [0.1, 0.15) is 57.8 Å². The minimum absolute atomic E-state index is 0.00401. The smallest absolute Gasteiger partial charge is 0.224 e. The molecule has 2 saturated carbocycles. The first-order chi connectivity index (χ1) is 9.66. The van der Waals surface area contributed by atoms with E-state index in [2.05, 4.69) is 10.6 Å². The fourth-order valence-electron chi connectivity index (χ4n) is 2.78. The Balaban J connectivity index is 1.59. The summed E-state index contributed by atoms with van der Waals surface area (Å²) in [5, 5.41) is 5.88. The molecule has 20 heavy (non-hydrogen) atoms. The Hall–Kier alpha value is -1.10. The zero-order valence-electron chi connectivity index (χ0n) is 12.2. The fraction of sp³-hybridized carbons (Fsp3) is 0.867. The Morgan fingerprint density at radius 1 is 1.05 bits per heavy atom. The molecule has 2 atom stereocenters. The first-order valence-corrected chi connectivity index (χ1v) is 7.99. The van der Waals surface area contributed by atoms with Crippen LogP contribution in [0.4, 0.5) is 0 Å². The van der Waals surface area contributed by atoms with Crippen LogP contribution in [0.15, 0.2) is 0 Å². The molecule has 0 aliphatic heterocycles. The summed E-state index contributed by atoms with van der Waals surface area (Å²) in [5.41, 5.74) is 6.07. The average molecular weight is 281 g/mol. The van der Waals surface area contributed by atoms with Crippen molar-refractivity contribution in [1.82, 2.24) is 10.6 Å². The Morgan fingerprint density at radius 3 is 2.55 bits per heavy atom. The van der Waals surface area contributed by atoms with Crippen LogP contribution in [0.25, 0.3) is 0 Å². The summed E-state index contributed by atoms with van der Waals surface area (Å²) < 4.78 is 0. The maximum absolute atomic E-state index is 12.1. The third-order valence-corrected chi connectivity index (χ3v) is 4.23. The number of amides is 2. The molecule has 0 radical (unpaired) electrons. The number of hydrogen-bond acceptors (Lipinski definition) is 3. The van der Waals surface area contributed by atoms with Gasteiger partial charge in [-0.3, -0.25) is 9.59 Å². The van der Waals surface area contributed by atoms with Crippen LogP contribution in [-0.4, -0.2) is 30.4 Å². The van der Waals surface area contributed by atoms with E-state index in [9.17, 15) is 9.59 Å². The highest BCUT2D eigenvalue weighted by Gasteiger charge is 2.26. The maximum Gasteiger partial charge on any atom is 0.224 e. The summed E-state index contributed by atoms with van der Waals surface area (Å²) in [7, 11) is 0. The van der Waals surface area contributed by atoms with Gasteiger partial charge in [0.1, 0.15) is 0 Å². The van der Waals surface area contributed by atoms with Crippen molar-refractivity contribution < 1.29 is 9.59 Å². The highest BCUT2D eigenvalue weighted by molar-refractivity contribution is 5.79. The van der Waals surface area contributed by atoms with Gasteiger partial charge in [0.05, 0.1) is 5.92 Å². The van der Waals surface area contributed by atoms with Crippen LogP contribution in [0, 0.1) is 5.92 Å². The lowest BCUT2D eigenvalue weighted by Crippen LogP contribution is -2.41. The number of nitrogens with two attached hydrogens (primary N) is 1. The number of rotatable bonds is 6. The van der Waals surface area contributed by atoms with Gasteiger partial charge in [-0.25, -0.2) is 0 Å². The molecule has 114 valence electrons. The van der Waals surface area contributed by atoms with E-state index in [1.165, 1.54) is 6.42 Å². The van der Waals surface area contributed by atoms with E-state index in [1.807, 2.05) is 0 Å². The van der Waals surface area contributed by atoms with Gasteiger partial charge in [-0.15, -0.1) is 0 Å². The van der Waals surface area contributed by atoms with Crippen molar-refractivity contribution in [2.24, 2.45) is 11.7 Å². The first-order valence-electron chi connectivity index (χ1n) is 7.99. The molecule has 2 rings (SSSR count). The van der Waals surface area contributed by atoms with E-state index in [0.717, 1.165) is 38.5 Å². The molecule has 0 saturated heterocycles. The van der Waals surface area contributed by atoms with E-state index < -0.39 is 0 Å². The third-order valence-electron chi connectivity index (χ3n) is 4.23. The maximum atomic E-state index is 12.1. The highest BCUT2D eigenvalue weighted by atomic mass is 16.2. The van der Waals surface area contributed by atoms with Crippen LogP contribution >= 0.6 is 0 Å². The van der Waals surface area contributed by atoms with Gasteiger partial charge < -0.3 is 16.4 Å². The van der Waals surface area contributed by atoms with Crippen molar-refractivity contribution >= 4 is 11.8 Å². The Labute approximate surface area is 121 Å². The van der Waals surface area contributed by atoms with E-state index in [1.54, 1.807) is 0 Å². The van der Waals surface area contributed by atoms with Gasteiger partial charge in [-0.1, -0.05) is 19.3 Å². The first kappa shape index (κ1) is 15.3. The molecule has 2 aliphatic rings. The topological polar surface area (TPSA) is 84.2 Å². The highest BCUT2D eigenvalue weighted by Crippen LogP contribution is 2.22. The van der Waals surface area contributed by atoms with Crippen molar-refractivity contribution in [3.05, 3.63) is 0 Å². The van der Waals surface area contributed by atoms with Crippen molar-refractivity contribution in [3.63, 3.8) is 0 Å². The Morgan fingerprint density at radius 2 is 1.80 bits per heavy atom. The summed E-state index contributed by atoms with van der Waals surface area (Å²) in [4.78, 5) is 23.6. The zero-order chi connectivity index (χ0) is 14.4.